The molecule has 2 rings (SSSR count). The zero-order chi connectivity index (χ0) is 9.97. The Hall–Kier alpha value is -1.09. The minimum Gasteiger partial charge on any atom is -0.392 e. The molecule has 1 N–H and O–H groups in total. The van der Waals surface area contributed by atoms with Crippen LogP contribution in [0.1, 0.15) is 25.3 Å². The van der Waals surface area contributed by atoms with Crippen LogP contribution in [0.4, 0.5) is 5.69 Å². The SMILES string of the molecule is CCN(c1cnccc1CO)C1CC1. The van der Waals surface area contributed by atoms with Gasteiger partial charge < -0.3 is 10.0 Å². The first kappa shape index (κ1) is 9.46. The van der Waals surface area contributed by atoms with Crippen molar-refractivity contribution < 1.29 is 5.11 Å². The molecular weight excluding hydrogens is 176 g/mol. The second-order valence-corrected chi connectivity index (χ2v) is 3.68. The van der Waals surface area contributed by atoms with Crippen LogP contribution in [0, 0.1) is 0 Å². The molecular formula is C11H16N2O. The average Bonchev–Trinajstić information content (AvgIpc) is 3.04. The number of nitrogens with zero attached hydrogens (tertiary/aromatic N) is 2. The fourth-order valence-corrected chi connectivity index (χ4v) is 1.82. The number of hydrogen-bond acceptors (Lipinski definition) is 3. The van der Waals surface area contributed by atoms with Crippen molar-refractivity contribution in [3.63, 3.8) is 0 Å². The Bertz CT molecular complexity index is 310. The van der Waals surface area contributed by atoms with Crippen molar-refractivity contribution >= 4 is 5.69 Å². The fourth-order valence-electron chi connectivity index (χ4n) is 1.82. The van der Waals surface area contributed by atoms with Gasteiger partial charge in [0.25, 0.3) is 0 Å². The van der Waals surface area contributed by atoms with E-state index in [1.807, 2.05) is 12.3 Å². The molecule has 1 fully saturated rings. The second kappa shape index (κ2) is 3.96. The maximum Gasteiger partial charge on any atom is 0.0703 e. The second-order valence-electron chi connectivity index (χ2n) is 3.68. The van der Waals surface area contributed by atoms with Gasteiger partial charge in [-0.05, 0) is 25.8 Å². The summed E-state index contributed by atoms with van der Waals surface area (Å²) in [4.78, 5) is 6.45. The van der Waals surface area contributed by atoms with Crippen molar-refractivity contribution in [3.05, 3.63) is 24.0 Å². The van der Waals surface area contributed by atoms with Crippen LogP contribution in [0.2, 0.25) is 0 Å². The predicted octanol–water partition coefficient (Wildman–Crippen LogP) is 1.56. The summed E-state index contributed by atoms with van der Waals surface area (Å²) in [6.07, 6.45) is 6.13. The summed E-state index contributed by atoms with van der Waals surface area (Å²) in [6, 6.07) is 2.56. The van der Waals surface area contributed by atoms with E-state index in [2.05, 4.69) is 16.8 Å². The lowest BCUT2D eigenvalue weighted by Crippen LogP contribution is -2.26. The molecule has 76 valence electrons. The molecule has 1 aromatic heterocycles. The highest BCUT2D eigenvalue weighted by Gasteiger charge is 2.29. The highest BCUT2D eigenvalue weighted by Crippen LogP contribution is 2.32. The molecule has 1 heterocycles. The summed E-state index contributed by atoms with van der Waals surface area (Å²) in [7, 11) is 0. The lowest BCUT2D eigenvalue weighted by molar-refractivity contribution is 0.282. The number of aliphatic hydroxyl groups is 1. The predicted molar refractivity (Wildman–Crippen MR) is 56.2 cm³/mol. The fraction of sp³-hybridized carbons (Fsp3) is 0.545. The van der Waals surface area contributed by atoms with Crippen LogP contribution in [-0.2, 0) is 6.61 Å². The normalized spacial score (nSPS) is 15.6. The van der Waals surface area contributed by atoms with Gasteiger partial charge in [-0.2, -0.15) is 0 Å². The van der Waals surface area contributed by atoms with E-state index in [0.717, 1.165) is 17.8 Å². The van der Waals surface area contributed by atoms with E-state index >= 15 is 0 Å². The maximum absolute atomic E-state index is 9.21. The first-order chi connectivity index (χ1) is 6.86. The van der Waals surface area contributed by atoms with Gasteiger partial charge >= 0.3 is 0 Å². The summed E-state index contributed by atoms with van der Waals surface area (Å²) >= 11 is 0. The standard InChI is InChI=1S/C11H16N2O/c1-2-13(10-3-4-10)11-7-12-6-5-9(11)8-14/h5-7,10,14H,2-4,8H2,1H3. The third-order valence-corrected chi connectivity index (χ3v) is 2.70. The van der Waals surface area contributed by atoms with Crippen LogP contribution in [0.3, 0.4) is 0 Å². The van der Waals surface area contributed by atoms with Crippen molar-refractivity contribution in [1.82, 2.24) is 4.98 Å². The number of hydrogen-bond donors (Lipinski definition) is 1. The molecule has 0 unspecified atom stereocenters. The highest BCUT2D eigenvalue weighted by atomic mass is 16.3. The van der Waals surface area contributed by atoms with Gasteiger partial charge in [-0.1, -0.05) is 0 Å². The van der Waals surface area contributed by atoms with E-state index in [1.54, 1.807) is 6.20 Å². The van der Waals surface area contributed by atoms with Crippen molar-refractivity contribution in [2.45, 2.75) is 32.4 Å². The van der Waals surface area contributed by atoms with Crippen LogP contribution in [0.25, 0.3) is 0 Å². The molecule has 0 aromatic carbocycles. The minimum atomic E-state index is 0.0983. The summed E-state index contributed by atoms with van der Waals surface area (Å²) in [5, 5.41) is 9.21. The van der Waals surface area contributed by atoms with Gasteiger partial charge in [0.15, 0.2) is 0 Å². The monoisotopic (exact) mass is 192 g/mol. The summed E-state index contributed by atoms with van der Waals surface area (Å²) in [6.45, 7) is 3.23. The molecule has 1 aliphatic carbocycles. The summed E-state index contributed by atoms with van der Waals surface area (Å²) in [5.74, 6) is 0. The van der Waals surface area contributed by atoms with E-state index in [1.165, 1.54) is 12.8 Å². The molecule has 1 aromatic rings. The Morgan fingerprint density at radius 3 is 2.93 bits per heavy atom. The molecule has 1 aliphatic rings. The summed E-state index contributed by atoms with van der Waals surface area (Å²) in [5.41, 5.74) is 2.08. The Labute approximate surface area is 84.4 Å². The van der Waals surface area contributed by atoms with E-state index < -0.39 is 0 Å². The van der Waals surface area contributed by atoms with Gasteiger partial charge in [-0.3, -0.25) is 4.98 Å². The summed E-state index contributed by atoms with van der Waals surface area (Å²) < 4.78 is 0. The highest BCUT2D eigenvalue weighted by molar-refractivity contribution is 5.53. The molecule has 14 heavy (non-hydrogen) atoms. The van der Waals surface area contributed by atoms with Crippen LogP contribution in [0.15, 0.2) is 18.5 Å². The number of rotatable bonds is 4. The minimum absolute atomic E-state index is 0.0983. The van der Waals surface area contributed by atoms with Gasteiger partial charge in [0.05, 0.1) is 18.5 Å². The first-order valence-electron chi connectivity index (χ1n) is 5.17. The molecule has 3 nitrogen and oxygen atoms in total. The average molecular weight is 192 g/mol. The number of aliphatic hydroxyl groups excluding tert-OH is 1. The Balaban J connectivity index is 2.27. The first-order valence-corrected chi connectivity index (χ1v) is 5.17. The number of pyridine rings is 1. The molecule has 0 aliphatic heterocycles. The lowest BCUT2D eigenvalue weighted by Gasteiger charge is -2.24. The van der Waals surface area contributed by atoms with Crippen LogP contribution in [0.5, 0.6) is 0 Å². The molecule has 3 heteroatoms. The van der Waals surface area contributed by atoms with Gasteiger partial charge in [0.2, 0.25) is 0 Å². The smallest absolute Gasteiger partial charge is 0.0703 e. The van der Waals surface area contributed by atoms with E-state index in [9.17, 15) is 5.11 Å². The lowest BCUT2D eigenvalue weighted by atomic mass is 10.2. The topological polar surface area (TPSA) is 36.4 Å². The molecule has 0 amide bonds. The quantitative estimate of drug-likeness (QED) is 0.786. The van der Waals surface area contributed by atoms with Gasteiger partial charge in [0, 0.05) is 24.3 Å². The molecule has 0 atom stereocenters. The molecule has 1 saturated carbocycles. The van der Waals surface area contributed by atoms with E-state index in [4.69, 9.17) is 0 Å². The van der Waals surface area contributed by atoms with Gasteiger partial charge in [-0.25, -0.2) is 0 Å². The molecule has 0 saturated heterocycles. The zero-order valence-electron chi connectivity index (χ0n) is 8.48. The van der Waals surface area contributed by atoms with E-state index in [-0.39, 0.29) is 6.61 Å². The third-order valence-electron chi connectivity index (χ3n) is 2.70. The van der Waals surface area contributed by atoms with Crippen molar-refractivity contribution in [3.8, 4) is 0 Å². The molecule has 0 spiro atoms. The van der Waals surface area contributed by atoms with Crippen LogP contribution < -0.4 is 4.90 Å². The van der Waals surface area contributed by atoms with Crippen molar-refractivity contribution in [2.24, 2.45) is 0 Å². The molecule has 0 radical (unpaired) electrons. The number of aromatic nitrogens is 1. The maximum atomic E-state index is 9.21. The zero-order valence-corrected chi connectivity index (χ0v) is 8.48. The van der Waals surface area contributed by atoms with E-state index in [0.29, 0.717) is 6.04 Å². The van der Waals surface area contributed by atoms with Crippen molar-refractivity contribution in [1.29, 1.82) is 0 Å². The third kappa shape index (κ3) is 1.73. The largest absolute Gasteiger partial charge is 0.392 e. The molecule has 0 bridgehead atoms. The number of anilines is 1. The Morgan fingerprint density at radius 2 is 2.36 bits per heavy atom. The van der Waals surface area contributed by atoms with Crippen LogP contribution >= 0.6 is 0 Å². The van der Waals surface area contributed by atoms with Crippen LogP contribution in [-0.4, -0.2) is 22.7 Å². The Morgan fingerprint density at radius 1 is 1.57 bits per heavy atom. The van der Waals surface area contributed by atoms with Crippen molar-refractivity contribution in [2.75, 3.05) is 11.4 Å². The van der Waals surface area contributed by atoms with Gasteiger partial charge in [0.1, 0.15) is 0 Å². The Kier molecular flexibility index (Phi) is 2.68. The van der Waals surface area contributed by atoms with Gasteiger partial charge in [-0.15, -0.1) is 0 Å².